The van der Waals surface area contributed by atoms with Gasteiger partial charge in [-0.15, -0.1) is 10.2 Å². The SMILES string of the molecule is Cn1c(SCc2ccc(C(C)(C)C)cc2)nnc1C(N)Cc1c[nH]c2ccccc12. The zero-order valence-electron chi connectivity index (χ0n) is 18.0. The van der Waals surface area contributed by atoms with Crippen LogP contribution in [0, 0.1) is 0 Å². The molecule has 0 saturated heterocycles. The van der Waals surface area contributed by atoms with E-state index in [1.807, 2.05) is 23.9 Å². The third-order valence-corrected chi connectivity index (χ3v) is 6.59. The van der Waals surface area contributed by atoms with E-state index in [1.54, 1.807) is 11.8 Å². The second-order valence-electron chi connectivity index (χ2n) is 8.81. The molecule has 156 valence electrons. The molecule has 1 unspecified atom stereocenters. The molecule has 0 aliphatic carbocycles. The minimum absolute atomic E-state index is 0.172. The Morgan fingerprint density at radius 1 is 1.07 bits per heavy atom. The molecule has 0 bridgehead atoms. The molecule has 2 aromatic carbocycles. The third kappa shape index (κ3) is 4.30. The summed E-state index contributed by atoms with van der Waals surface area (Å²) in [5.41, 5.74) is 11.6. The number of nitrogens with one attached hydrogen (secondary N) is 1. The molecule has 0 amide bonds. The number of rotatable bonds is 6. The van der Waals surface area contributed by atoms with E-state index in [9.17, 15) is 0 Å². The molecule has 2 heterocycles. The molecule has 0 saturated carbocycles. The molecule has 0 fully saturated rings. The lowest BCUT2D eigenvalue weighted by Gasteiger charge is -2.19. The molecule has 2 aromatic heterocycles. The van der Waals surface area contributed by atoms with Gasteiger partial charge < -0.3 is 15.3 Å². The highest BCUT2D eigenvalue weighted by atomic mass is 32.2. The maximum atomic E-state index is 6.51. The minimum atomic E-state index is -0.206. The van der Waals surface area contributed by atoms with E-state index in [1.165, 1.54) is 22.1 Å². The zero-order chi connectivity index (χ0) is 21.3. The lowest BCUT2D eigenvalue weighted by molar-refractivity contribution is 0.590. The molecule has 0 radical (unpaired) electrons. The second kappa shape index (κ2) is 8.28. The summed E-state index contributed by atoms with van der Waals surface area (Å²) in [4.78, 5) is 3.31. The second-order valence-corrected chi connectivity index (χ2v) is 9.75. The molecule has 0 aliphatic rings. The van der Waals surface area contributed by atoms with Crippen LogP contribution in [0.2, 0.25) is 0 Å². The number of thioether (sulfide) groups is 1. The molecule has 1 atom stereocenters. The molecule has 3 N–H and O–H groups in total. The van der Waals surface area contributed by atoms with Crippen LogP contribution in [0.3, 0.4) is 0 Å². The van der Waals surface area contributed by atoms with Crippen LogP contribution in [-0.2, 0) is 24.6 Å². The number of aromatic amines is 1. The first-order valence-electron chi connectivity index (χ1n) is 10.2. The molecule has 0 aliphatic heterocycles. The number of hydrogen-bond donors (Lipinski definition) is 2. The predicted molar refractivity (Wildman–Crippen MR) is 125 cm³/mol. The Bertz CT molecular complexity index is 1130. The summed E-state index contributed by atoms with van der Waals surface area (Å²) in [6.07, 6.45) is 2.76. The molecular weight excluding hydrogens is 390 g/mol. The number of benzene rings is 2. The van der Waals surface area contributed by atoms with Crippen LogP contribution < -0.4 is 5.73 Å². The number of H-pyrrole nitrogens is 1. The number of para-hydroxylation sites is 1. The maximum absolute atomic E-state index is 6.51. The zero-order valence-corrected chi connectivity index (χ0v) is 18.8. The van der Waals surface area contributed by atoms with Crippen molar-refractivity contribution in [1.29, 1.82) is 0 Å². The van der Waals surface area contributed by atoms with E-state index < -0.39 is 0 Å². The van der Waals surface area contributed by atoms with Gasteiger partial charge >= 0.3 is 0 Å². The average molecular weight is 420 g/mol. The monoisotopic (exact) mass is 419 g/mol. The minimum Gasteiger partial charge on any atom is -0.361 e. The Balaban J connectivity index is 1.43. The summed E-state index contributed by atoms with van der Waals surface area (Å²) < 4.78 is 2.02. The Morgan fingerprint density at radius 2 is 1.80 bits per heavy atom. The summed E-state index contributed by atoms with van der Waals surface area (Å²) in [7, 11) is 2.00. The van der Waals surface area contributed by atoms with Crippen molar-refractivity contribution in [1.82, 2.24) is 19.7 Å². The highest BCUT2D eigenvalue weighted by Crippen LogP contribution is 2.27. The van der Waals surface area contributed by atoms with Gasteiger partial charge in [-0.1, -0.05) is 75.0 Å². The van der Waals surface area contributed by atoms with Gasteiger partial charge in [-0.05, 0) is 34.6 Å². The van der Waals surface area contributed by atoms with Crippen LogP contribution >= 0.6 is 11.8 Å². The van der Waals surface area contributed by atoms with Crippen molar-refractivity contribution in [2.75, 3.05) is 0 Å². The van der Waals surface area contributed by atoms with E-state index in [0.717, 1.165) is 28.7 Å². The number of hydrogen-bond acceptors (Lipinski definition) is 4. The molecule has 5 nitrogen and oxygen atoms in total. The highest BCUT2D eigenvalue weighted by Gasteiger charge is 2.18. The summed E-state index contributed by atoms with van der Waals surface area (Å²) in [6.45, 7) is 6.70. The van der Waals surface area contributed by atoms with Gasteiger partial charge in [0.25, 0.3) is 0 Å². The van der Waals surface area contributed by atoms with Crippen molar-refractivity contribution in [2.45, 2.75) is 49.6 Å². The van der Waals surface area contributed by atoms with Crippen LogP contribution in [0.5, 0.6) is 0 Å². The van der Waals surface area contributed by atoms with Gasteiger partial charge in [-0.3, -0.25) is 0 Å². The average Bonchev–Trinajstić information content (AvgIpc) is 3.30. The standard InChI is InChI=1S/C24H29N5S/c1-24(2,3)18-11-9-16(10-12-18)15-30-23-28-27-22(29(23)4)20(25)13-17-14-26-21-8-6-5-7-19(17)21/h5-12,14,20,26H,13,15,25H2,1-4H3. The lowest BCUT2D eigenvalue weighted by Crippen LogP contribution is -2.18. The normalized spacial score (nSPS) is 13.1. The van der Waals surface area contributed by atoms with Crippen LogP contribution in [0.15, 0.2) is 59.9 Å². The van der Waals surface area contributed by atoms with Gasteiger partial charge in [0.2, 0.25) is 0 Å². The fourth-order valence-electron chi connectivity index (χ4n) is 3.65. The van der Waals surface area contributed by atoms with Gasteiger partial charge in [-0.2, -0.15) is 0 Å². The van der Waals surface area contributed by atoms with Gasteiger partial charge in [0.1, 0.15) is 0 Å². The van der Waals surface area contributed by atoms with Crippen LogP contribution in [0.4, 0.5) is 0 Å². The molecule has 6 heteroatoms. The third-order valence-electron chi connectivity index (χ3n) is 5.50. The van der Waals surface area contributed by atoms with Crippen molar-refractivity contribution in [3.05, 3.63) is 77.2 Å². The molecule has 4 aromatic rings. The van der Waals surface area contributed by atoms with Crippen LogP contribution in [0.25, 0.3) is 10.9 Å². The first kappa shape index (κ1) is 20.7. The largest absolute Gasteiger partial charge is 0.361 e. The van der Waals surface area contributed by atoms with E-state index in [-0.39, 0.29) is 11.5 Å². The lowest BCUT2D eigenvalue weighted by atomic mass is 9.87. The predicted octanol–water partition coefficient (Wildman–Crippen LogP) is 5.13. The Labute approximate surface area is 182 Å². The molecule has 0 spiro atoms. The number of fused-ring (bicyclic) bond motifs is 1. The van der Waals surface area contributed by atoms with Gasteiger partial charge in [-0.25, -0.2) is 0 Å². The van der Waals surface area contributed by atoms with E-state index >= 15 is 0 Å². The van der Waals surface area contributed by atoms with E-state index in [4.69, 9.17) is 5.73 Å². The molecule has 30 heavy (non-hydrogen) atoms. The van der Waals surface area contributed by atoms with Crippen LogP contribution in [0.1, 0.15) is 49.3 Å². The highest BCUT2D eigenvalue weighted by molar-refractivity contribution is 7.98. The van der Waals surface area contributed by atoms with Gasteiger partial charge in [0, 0.05) is 29.9 Å². The first-order chi connectivity index (χ1) is 14.3. The summed E-state index contributed by atoms with van der Waals surface area (Å²) in [5, 5.41) is 10.9. The van der Waals surface area contributed by atoms with Crippen LogP contribution in [-0.4, -0.2) is 19.7 Å². The summed E-state index contributed by atoms with van der Waals surface area (Å²) in [5.74, 6) is 1.67. The fourth-order valence-corrected chi connectivity index (χ4v) is 4.53. The molecule has 4 rings (SSSR count). The van der Waals surface area contributed by atoms with Crippen molar-refractivity contribution >= 4 is 22.7 Å². The Morgan fingerprint density at radius 3 is 2.53 bits per heavy atom. The molecular formula is C24H29N5S. The van der Waals surface area contributed by atoms with Crippen molar-refractivity contribution in [3.63, 3.8) is 0 Å². The van der Waals surface area contributed by atoms with E-state index in [0.29, 0.717) is 0 Å². The fraction of sp³-hybridized carbons (Fsp3) is 0.333. The van der Waals surface area contributed by atoms with Crippen molar-refractivity contribution in [2.24, 2.45) is 12.8 Å². The van der Waals surface area contributed by atoms with Gasteiger partial charge in [0.15, 0.2) is 11.0 Å². The smallest absolute Gasteiger partial charge is 0.191 e. The first-order valence-corrected chi connectivity index (χ1v) is 11.2. The van der Waals surface area contributed by atoms with Crippen molar-refractivity contribution in [3.8, 4) is 0 Å². The van der Waals surface area contributed by atoms with E-state index in [2.05, 4.69) is 78.4 Å². The Kier molecular flexibility index (Phi) is 5.71. The topological polar surface area (TPSA) is 72.5 Å². The Hall–Kier alpha value is -2.57. The van der Waals surface area contributed by atoms with Crippen molar-refractivity contribution < 1.29 is 0 Å². The number of nitrogens with two attached hydrogens (primary N) is 1. The summed E-state index contributed by atoms with van der Waals surface area (Å²) in [6, 6.07) is 16.9. The number of aromatic nitrogens is 4. The summed E-state index contributed by atoms with van der Waals surface area (Å²) >= 11 is 1.69. The quantitative estimate of drug-likeness (QED) is 0.425. The van der Waals surface area contributed by atoms with Gasteiger partial charge in [0.05, 0.1) is 6.04 Å². The maximum Gasteiger partial charge on any atom is 0.191 e. The number of nitrogens with zero attached hydrogens (tertiary/aromatic N) is 3.